The van der Waals surface area contributed by atoms with E-state index in [2.05, 4.69) is 20.8 Å². The third-order valence-corrected chi connectivity index (χ3v) is 8.21. The Balaban J connectivity index is 4.22. The largest absolute Gasteiger partial charge is 0.354 e. The van der Waals surface area contributed by atoms with Crippen LogP contribution in [0.15, 0.2) is 0 Å². The Morgan fingerprint density at radius 2 is 1.55 bits per heavy atom. The Bertz CT molecular complexity index is 130. The van der Waals surface area contributed by atoms with Crippen LogP contribution in [0.3, 0.4) is 0 Å². The zero-order valence-corrected chi connectivity index (χ0v) is 9.64. The van der Waals surface area contributed by atoms with Crippen molar-refractivity contribution in [2.24, 2.45) is 0 Å². The molecule has 0 heterocycles. The first-order valence-electron chi connectivity index (χ1n) is 3.54. The number of rotatable bonds is 2. The molecule has 0 fully saturated rings. The van der Waals surface area contributed by atoms with Gasteiger partial charge in [-0.1, -0.05) is 20.8 Å². The summed E-state index contributed by atoms with van der Waals surface area (Å²) in [6.07, 6.45) is 0. The van der Waals surface area contributed by atoms with Gasteiger partial charge in [-0.05, 0) is 18.1 Å². The van der Waals surface area contributed by atoms with Gasteiger partial charge in [0, 0.05) is 0 Å². The molecule has 0 bridgehead atoms. The van der Waals surface area contributed by atoms with Crippen LogP contribution in [0.4, 0.5) is 0 Å². The van der Waals surface area contributed by atoms with Gasteiger partial charge in [0.15, 0.2) is 0 Å². The van der Waals surface area contributed by atoms with Gasteiger partial charge in [0.05, 0.1) is 0 Å². The van der Waals surface area contributed by atoms with Gasteiger partial charge in [-0.3, -0.25) is 0 Å². The molecule has 11 heavy (non-hydrogen) atoms. The maximum absolute atomic E-state index is 8.68. The van der Waals surface area contributed by atoms with Crippen molar-refractivity contribution in [3.8, 4) is 0 Å². The Morgan fingerprint density at radius 3 is 1.64 bits per heavy atom. The molecular formula is C6H17O3PSi. The third-order valence-electron chi connectivity index (χ3n) is 2.12. The standard InChI is InChI=1S/C6H17O3PSi/c1-6(2,3)11(4,5)9-10(7)8/h7-8H,1-5H3. The topological polar surface area (TPSA) is 49.7 Å². The predicted octanol–water partition coefficient (Wildman–Crippen LogP) is 2.22. The summed E-state index contributed by atoms with van der Waals surface area (Å²) in [5.41, 5.74) is 0. The molecular weight excluding hydrogens is 179 g/mol. The van der Waals surface area contributed by atoms with Crippen molar-refractivity contribution >= 4 is 16.9 Å². The fourth-order valence-electron chi connectivity index (χ4n) is 0.341. The van der Waals surface area contributed by atoms with Gasteiger partial charge in [0.1, 0.15) is 0 Å². The van der Waals surface area contributed by atoms with E-state index in [0.717, 1.165) is 0 Å². The lowest BCUT2D eigenvalue weighted by molar-refractivity contribution is 0.359. The van der Waals surface area contributed by atoms with Crippen LogP contribution in [0.5, 0.6) is 0 Å². The summed E-state index contributed by atoms with van der Waals surface area (Å²) in [5.74, 6) is 0. The number of hydrogen-bond donors (Lipinski definition) is 2. The van der Waals surface area contributed by atoms with E-state index in [-0.39, 0.29) is 5.04 Å². The van der Waals surface area contributed by atoms with Crippen LogP contribution in [0.1, 0.15) is 20.8 Å². The second-order valence-electron chi connectivity index (χ2n) is 4.10. The average Bonchev–Trinajstić information content (AvgIpc) is 1.56. The second-order valence-corrected chi connectivity index (χ2v) is 9.86. The second kappa shape index (κ2) is 3.50. The third kappa shape index (κ3) is 3.63. The van der Waals surface area contributed by atoms with Crippen molar-refractivity contribution in [1.82, 2.24) is 0 Å². The van der Waals surface area contributed by atoms with E-state index in [1.165, 1.54) is 0 Å². The van der Waals surface area contributed by atoms with Gasteiger partial charge < -0.3 is 14.0 Å². The molecule has 0 aromatic carbocycles. The molecule has 0 aromatic heterocycles. The molecule has 0 aliphatic heterocycles. The normalized spacial score (nSPS) is 14.2. The molecule has 0 unspecified atom stereocenters. The highest BCUT2D eigenvalue weighted by atomic mass is 31.2. The number of hydrogen-bond acceptors (Lipinski definition) is 3. The minimum absolute atomic E-state index is 0.0407. The Morgan fingerprint density at radius 1 is 1.18 bits per heavy atom. The molecule has 0 spiro atoms. The van der Waals surface area contributed by atoms with Crippen LogP contribution in [-0.2, 0) is 4.21 Å². The molecule has 0 aliphatic rings. The molecule has 0 amide bonds. The predicted molar refractivity (Wildman–Crippen MR) is 49.6 cm³/mol. The molecule has 0 aromatic rings. The van der Waals surface area contributed by atoms with E-state index in [1.54, 1.807) is 0 Å². The highest BCUT2D eigenvalue weighted by Gasteiger charge is 2.39. The molecule has 0 atom stereocenters. The van der Waals surface area contributed by atoms with Crippen LogP contribution in [-0.4, -0.2) is 18.1 Å². The van der Waals surface area contributed by atoms with E-state index in [1.807, 2.05) is 13.1 Å². The summed E-state index contributed by atoms with van der Waals surface area (Å²) in [7, 11) is -4.13. The first-order chi connectivity index (χ1) is 4.67. The van der Waals surface area contributed by atoms with Crippen molar-refractivity contribution in [2.45, 2.75) is 38.9 Å². The summed E-state index contributed by atoms with van der Waals surface area (Å²) in [6, 6.07) is 0. The molecule has 0 saturated carbocycles. The lowest BCUT2D eigenvalue weighted by Gasteiger charge is -2.35. The summed E-state index contributed by atoms with van der Waals surface area (Å²) in [4.78, 5) is 17.4. The fraction of sp³-hybridized carbons (Fsp3) is 1.00. The van der Waals surface area contributed by atoms with Crippen LogP contribution >= 0.6 is 8.60 Å². The maximum Gasteiger partial charge on any atom is 0.316 e. The molecule has 2 N–H and O–H groups in total. The van der Waals surface area contributed by atoms with Gasteiger partial charge in [0.25, 0.3) is 0 Å². The van der Waals surface area contributed by atoms with E-state index in [0.29, 0.717) is 0 Å². The van der Waals surface area contributed by atoms with Crippen LogP contribution < -0.4 is 0 Å². The van der Waals surface area contributed by atoms with E-state index in [4.69, 9.17) is 14.0 Å². The average molecular weight is 196 g/mol. The molecule has 0 rings (SSSR count). The van der Waals surface area contributed by atoms with Gasteiger partial charge in [-0.15, -0.1) is 0 Å². The highest BCUT2D eigenvalue weighted by molar-refractivity contribution is 7.41. The molecule has 68 valence electrons. The Hall–Kier alpha value is 0.527. The summed E-state index contributed by atoms with van der Waals surface area (Å²) in [6.45, 7) is 10.1. The Labute approximate surface area is 70.5 Å². The zero-order chi connectivity index (χ0) is 9.28. The zero-order valence-electron chi connectivity index (χ0n) is 7.75. The van der Waals surface area contributed by atoms with Crippen molar-refractivity contribution in [1.29, 1.82) is 0 Å². The van der Waals surface area contributed by atoms with Crippen molar-refractivity contribution < 1.29 is 14.0 Å². The van der Waals surface area contributed by atoms with E-state index in [9.17, 15) is 0 Å². The molecule has 3 nitrogen and oxygen atoms in total. The molecule has 0 saturated heterocycles. The minimum Gasteiger partial charge on any atom is -0.354 e. The first kappa shape index (κ1) is 11.5. The minimum atomic E-state index is -2.19. The van der Waals surface area contributed by atoms with Crippen molar-refractivity contribution in [3.05, 3.63) is 0 Å². The van der Waals surface area contributed by atoms with Crippen molar-refractivity contribution in [3.63, 3.8) is 0 Å². The van der Waals surface area contributed by atoms with Gasteiger partial charge >= 0.3 is 8.60 Å². The highest BCUT2D eigenvalue weighted by Crippen LogP contribution is 2.43. The van der Waals surface area contributed by atoms with Gasteiger partial charge in [0.2, 0.25) is 8.32 Å². The van der Waals surface area contributed by atoms with E-state index >= 15 is 0 Å². The summed E-state index contributed by atoms with van der Waals surface area (Å²) in [5, 5.41) is 0.0407. The fourth-order valence-corrected chi connectivity index (χ4v) is 3.07. The van der Waals surface area contributed by atoms with Gasteiger partial charge in [-0.2, -0.15) is 0 Å². The van der Waals surface area contributed by atoms with Crippen LogP contribution in [0, 0.1) is 0 Å². The summed E-state index contributed by atoms with van der Waals surface area (Å²) >= 11 is 0. The molecule has 0 aliphatic carbocycles. The molecule has 0 radical (unpaired) electrons. The monoisotopic (exact) mass is 196 g/mol. The van der Waals surface area contributed by atoms with Gasteiger partial charge in [-0.25, -0.2) is 0 Å². The lowest BCUT2D eigenvalue weighted by atomic mass is 10.2. The van der Waals surface area contributed by atoms with Crippen LogP contribution in [0.2, 0.25) is 18.1 Å². The summed E-state index contributed by atoms with van der Waals surface area (Å²) < 4.78 is 5.12. The Kier molecular flexibility index (Phi) is 3.67. The SMILES string of the molecule is CC(C)(C)[Si](C)(C)OP(O)O. The van der Waals surface area contributed by atoms with E-state index < -0.39 is 16.9 Å². The maximum atomic E-state index is 8.68. The quantitative estimate of drug-likeness (QED) is 0.526. The van der Waals surface area contributed by atoms with Crippen LogP contribution in [0.25, 0.3) is 0 Å². The first-order valence-corrected chi connectivity index (χ1v) is 7.61. The smallest absolute Gasteiger partial charge is 0.316 e. The molecule has 5 heteroatoms. The van der Waals surface area contributed by atoms with Crippen molar-refractivity contribution in [2.75, 3.05) is 0 Å². The lowest BCUT2D eigenvalue weighted by Crippen LogP contribution is -2.39.